The van der Waals surface area contributed by atoms with Crippen LogP contribution in [0.5, 0.6) is 5.75 Å². The molecule has 0 spiro atoms. The number of ether oxygens (including phenoxy) is 1. The molecule has 0 radical (unpaired) electrons. The normalized spacial score (nSPS) is 24.2. The van der Waals surface area contributed by atoms with Gasteiger partial charge >= 0.3 is 6.36 Å². The Balaban J connectivity index is 1.75. The number of hydrogen-bond donors (Lipinski definition) is 1. The van der Waals surface area contributed by atoms with Gasteiger partial charge in [0.25, 0.3) is 0 Å². The van der Waals surface area contributed by atoms with Crippen LogP contribution in [0.25, 0.3) is 0 Å². The number of aromatic nitrogens is 2. The highest BCUT2D eigenvalue weighted by atomic mass is 32.2. The highest BCUT2D eigenvalue weighted by molar-refractivity contribution is 7.90. The minimum absolute atomic E-state index is 0.0569. The van der Waals surface area contributed by atoms with Crippen LogP contribution in [0.2, 0.25) is 0 Å². The van der Waals surface area contributed by atoms with Crippen LogP contribution in [0, 0.1) is 11.8 Å². The monoisotopic (exact) mass is 489 g/mol. The Labute approximate surface area is 187 Å². The summed E-state index contributed by atoms with van der Waals surface area (Å²) in [5.41, 5.74) is 0.693. The van der Waals surface area contributed by atoms with Gasteiger partial charge in [-0.1, -0.05) is 49.5 Å². The molecule has 2 aliphatic rings. The molecule has 0 bridgehead atoms. The van der Waals surface area contributed by atoms with Crippen LogP contribution in [-0.2, 0) is 20.0 Å². The molecule has 0 saturated heterocycles. The predicted octanol–water partition coefficient (Wildman–Crippen LogP) is 4.32. The lowest BCUT2D eigenvalue weighted by Gasteiger charge is -2.26. The second kappa shape index (κ2) is 8.29. The van der Waals surface area contributed by atoms with E-state index in [9.17, 15) is 26.4 Å². The molecule has 1 aromatic heterocycles. The first-order valence-electron chi connectivity index (χ1n) is 10.2. The van der Waals surface area contributed by atoms with E-state index in [0.717, 1.165) is 61.8 Å². The zero-order chi connectivity index (χ0) is 23.1. The quantitative estimate of drug-likeness (QED) is 0.649. The fourth-order valence-electron chi connectivity index (χ4n) is 4.85. The van der Waals surface area contributed by atoms with Crippen LogP contribution in [0.4, 0.5) is 18.3 Å². The van der Waals surface area contributed by atoms with Gasteiger partial charge in [-0.2, -0.15) is 0 Å². The van der Waals surface area contributed by atoms with Crippen molar-refractivity contribution >= 4 is 32.2 Å². The molecular weight excluding hydrogens is 467 g/mol. The number of amides is 1. The molecule has 2 aromatic rings. The molecule has 174 valence electrons. The van der Waals surface area contributed by atoms with Gasteiger partial charge < -0.3 is 4.74 Å². The van der Waals surface area contributed by atoms with Gasteiger partial charge in [-0.15, -0.1) is 23.4 Å². The lowest BCUT2D eigenvalue weighted by atomic mass is 9.80. The number of sulfone groups is 1. The van der Waals surface area contributed by atoms with E-state index in [1.165, 1.54) is 11.6 Å². The van der Waals surface area contributed by atoms with Crippen LogP contribution in [-0.4, -0.2) is 37.1 Å². The zero-order valence-corrected chi connectivity index (χ0v) is 18.8. The summed E-state index contributed by atoms with van der Waals surface area (Å²) in [5.74, 6) is -0.992. The first-order chi connectivity index (χ1) is 15.0. The minimum Gasteiger partial charge on any atom is -0.404 e. The molecule has 1 aromatic carbocycles. The second-order valence-corrected chi connectivity index (χ2v) is 11.2. The van der Waals surface area contributed by atoms with E-state index in [1.807, 2.05) is 0 Å². The maximum absolute atomic E-state index is 13.4. The van der Waals surface area contributed by atoms with E-state index in [0.29, 0.717) is 17.1 Å². The molecule has 2 atom stereocenters. The number of alkyl halides is 3. The topological polar surface area (TPSA) is 98.2 Å². The van der Waals surface area contributed by atoms with Crippen molar-refractivity contribution < 1.29 is 31.1 Å². The number of nitrogens with zero attached hydrogens (tertiary/aromatic N) is 2. The number of anilines is 1. The second-order valence-electron chi connectivity index (χ2n) is 8.36. The summed E-state index contributed by atoms with van der Waals surface area (Å²) >= 11 is 1.14. The van der Waals surface area contributed by atoms with Gasteiger partial charge in [-0.3, -0.25) is 10.1 Å². The summed E-state index contributed by atoms with van der Waals surface area (Å²) in [6.45, 7) is 0. The molecule has 4 rings (SSSR count). The predicted molar refractivity (Wildman–Crippen MR) is 111 cm³/mol. The van der Waals surface area contributed by atoms with Crippen molar-refractivity contribution in [2.75, 3.05) is 11.6 Å². The summed E-state index contributed by atoms with van der Waals surface area (Å²) in [6.07, 6.45) is 1.32. The smallest absolute Gasteiger partial charge is 0.404 e. The molecule has 1 amide bonds. The molecule has 1 N–H and O–H groups in total. The minimum atomic E-state index is -5.08. The van der Waals surface area contributed by atoms with Crippen molar-refractivity contribution in [3.8, 4) is 5.75 Å². The average molecular weight is 490 g/mol. The molecule has 7 nitrogen and oxygen atoms in total. The molecule has 32 heavy (non-hydrogen) atoms. The number of benzene rings is 1. The molecule has 1 heterocycles. The molecule has 12 heteroatoms. The fourth-order valence-corrected chi connectivity index (χ4v) is 6.07. The Hall–Kier alpha value is -2.21. The van der Waals surface area contributed by atoms with Gasteiger partial charge in [0.15, 0.2) is 9.84 Å². The summed E-state index contributed by atoms with van der Waals surface area (Å²) in [6, 6.07) is 3.55. The van der Waals surface area contributed by atoms with E-state index in [1.54, 1.807) is 0 Å². The maximum Gasteiger partial charge on any atom is 0.573 e. The Morgan fingerprint density at radius 1 is 1.25 bits per heavy atom. The Kier molecular flexibility index (Phi) is 5.95. The van der Waals surface area contributed by atoms with Gasteiger partial charge in [0, 0.05) is 6.26 Å². The van der Waals surface area contributed by atoms with E-state index in [2.05, 4.69) is 20.3 Å². The Bertz CT molecular complexity index is 1100. The van der Waals surface area contributed by atoms with Gasteiger partial charge in [-0.05, 0) is 36.0 Å². The number of halogens is 3. The van der Waals surface area contributed by atoms with Crippen molar-refractivity contribution in [1.29, 1.82) is 0 Å². The van der Waals surface area contributed by atoms with Crippen LogP contribution in [0.15, 0.2) is 28.6 Å². The number of carbonyl (C=O) groups excluding carboxylic acids is 1. The lowest BCUT2D eigenvalue weighted by Crippen LogP contribution is -2.32. The van der Waals surface area contributed by atoms with E-state index in [-0.39, 0.29) is 17.7 Å². The van der Waals surface area contributed by atoms with Crippen LogP contribution >= 0.6 is 11.3 Å². The first kappa shape index (κ1) is 23.0. The molecule has 0 unspecified atom stereocenters. The van der Waals surface area contributed by atoms with Crippen molar-refractivity contribution in [2.45, 2.75) is 55.2 Å². The largest absolute Gasteiger partial charge is 0.573 e. The standard InChI is InChI=1S/C20H22F3N3O4S2/c1-32(28,29)16-8-7-13(9-15(16)30-20(21,22)23)19(17(27)25-18-26-24-11-31-18)10-14(19)12-5-3-2-4-6-12/h7-9,11-12,14H,2-6,10H2,1H3,(H,25,26,27)/t14-,19-/m0/s1. The highest BCUT2D eigenvalue weighted by Crippen LogP contribution is 2.61. The van der Waals surface area contributed by atoms with Crippen molar-refractivity contribution in [3.05, 3.63) is 29.3 Å². The number of nitrogens with one attached hydrogen (secondary N) is 1. The Morgan fingerprint density at radius 3 is 2.56 bits per heavy atom. The van der Waals surface area contributed by atoms with Crippen LogP contribution in [0.3, 0.4) is 0 Å². The highest BCUT2D eigenvalue weighted by Gasteiger charge is 2.63. The van der Waals surface area contributed by atoms with Gasteiger partial charge in [0.2, 0.25) is 11.0 Å². The molecule has 2 fully saturated rings. The third kappa shape index (κ3) is 4.61. The fraction of sp³-hybridized carbons (Fsp3) is 0.550. The van der Waals surface area contributed by atoms with Crippen molar-refractivity contribution in [2.24, 2.45) is 11.8 Å². The third-order valence-electron chi connectivity index (χ3n) is 6.30. The summed E-state index contributed by atoms with van der Waals surface area (Å²) in [7, 11) is -3.99. The molecule has 0 aliphatic heterocycles. The van der Waals surface area contributed by atoms with E-state index < -0.39 is 32.3 Å². The van der Waals surface area contributed by atoms with Crippen LogP contribution < -0.4 is 10.1 Å². The van der Waals surface area contributed by atoms with Crippen molar-refractivity contribution in [3.63, 3.8) is 0 Å². The molecule has 2 aliphatic carbocycles. The third-order valence-corrected chi connectivity index (χ3v) is 8.05. The summed E-state index contributed by atoms with van der Waals surface area (Å²) in [5, 5.41) is 10.5. The molecule has 2 saturated carbocycles. The Morgan fingerprint density at radius 2 is 1.97 bits per heavy atom. The van der Waals surface area contributed by atoms with Crippen molar-refractivity contribution in [1.82, 2.24) is 10.2 Å². The number of carbonyl (C=O) groups is 1. The van der Waals surface area contributed by atoms with Crippen LogP contribution in [0.1, 0.15) is 44.1 Å². The van der Waals surface area contributed by atoms with E-state index in [4.69, 9.17) is 0 Å². The van der Waals surface area contributed by atoms with E-state index >= 15 is 0 Å². The van der Waals surface area contributed by atoms with Gasteiger partial charge in [-0.25, -0.2) is 8.42 Å². The summed E-state index contributed by atoms with van der Waals surface area (Å²) < 4.78 is 67.2. The summed E-state index contributed by atoms with van der Waals surface area (Å²) in [4.78, 5) is 12.8. The van der Waals surface area contributed by atoms with Gasteiger partial charge in [0.1, 0.15) is 16.2 Å². The number of rotatable bonds is 6. The molecular formula is C20H22F3N3O4S2. The maximum atomic E-state index is 13.4. The SMILES string of the molecule is CS(=O)(=O)c1ccc([C@@]2(C(=O)Nc3nncs3)C[C@H]2C2CCCCC2)cc1OC(F)(F)F. The van der Waals surface area contributed by atoms with Gasteiger partial charge in [0.05, 0.1) is 5.41 Å². The lowest BCUT2D eigenvalue weighted by molar-refractivity contribution is -0.275. The zero-order valence-electron chi connectivity index (χ0n) is 17.2. The first-order valence-corrected chi connectivity index (χ1v) is 13.0. The average Bonchev–Trinajstić information content (AvgIpc) is 3.28. The number of hydrogen-bond acceptors (Lipinski definition) is 7.